The average Bonchev–Trinajstić information content (AvgIpc) is 2.79. The molecule has 0 spiro atoms. The van der Waals surface area contributed by atoms with Gasteiger partial charge in [0.1, 0.15) is 12.2 Å². The fourth-order valence-corrected chi connectivity index (χ4v) is 3.59. The number of piperidine rings is 1. The van der Waals surface area contributed by atoms with E-state index >= 15 is 0 Å². The molecule has 2 amide bonds. The van der Waals surface area contributed by atoms with Crippen molar-refractivity contribution >= 4 is 17.9 Å². The van der Waals surface area contributed by atoms with Crippen LogP contribution in [0.25, 0.3) is 0 Å². The van der Waals surface area contributed by atoms with Crippen LogP contribution in [0.1, 0.15) is 52.0 Å². The normalized spacial score (nSPS) is 17.1. The van der Waals surface area contributed by atoms with E-state index in [2.05, 4.69) is 10.5 Å². The number of benzene rings is 1. The summed E-state index contributed by atoms with van der Waals surface area (Å²) < 4.78 is 21.4. The lowest BCUT2D eigenvalue weighted by Gasteiger charge is -2.33. The van der Waals surface area contributed by atoms with E-state index in [4.69, 9.17) is 18.9 Å². The molecule has 1 aromatic rings. The van der Waals surface area contributed by atoms with Crippen molar-refractivity contribution < 1.29 is 28.5 Å². The molecular weight excluding hydrogens is 426 g/mol. The molecule has 1 atom stereocenters. The zero-order valence-corrected chi connectivity index (χ0v) is 20.3. The minimum Gasteiger partial charge on any atom is -0.445 e. The Labute approximate surface area is 196 Å². The number of carbonyl (C=O) groups is 2. The van der Waals surface area contributed by atoms with Crippen LogP contribution in [0.5, 0.6) is 0 Å². The summed E-state index contributed by atoms with van der Waals surface area (Å²) in [5, 5.41) is 4.36. The molecule has 184 valence electrons. The van der Waals surface area contributed by atoms with E-state index in [1.165, 1.54) is 0 Å². The fourth-order valence-electron chi connectivity index (χ4n) is 3.59. The summed E-state index contributed by atoms with van der Waals surface area (Å²) in [7, 11) is 3.16. The molecule has 9 nitrogen and oxygen atoms in total. The summed E-state index contributed by atoms with van der Waals surface area (Å²) in [6.07, 6.45) is 1.42. The Morgan fingerprint density at radius 3 is 2.52 bits per heavy atom. The standard InChI is InChI=1S/C24H37N3O6/c1-24(2,3)33-22(28)26-25-20(13-14-21(30-4)31-5)19-12-9-15-27(16-19)23(29)32-17-18-10-7-6-8-11-18/h6-8,10-11,19,21H,9,12-17H2,1-5H3,(H,26,28)/t19-/m1/s1. The van der Waals surface area contributed by atoms with Crippen molar-refractivity contribution in [1.29, 1.82) is 0 Å². The molecule has 1 saturated heterocycles. The van der Waals surface area contributed by atoms with Crippen molar-refractivity contribution in [3.05, 3.63) is 35.9 Å². The topological polar surface area (TPSA) is 98.7 Å². The molecule has 1 N–H and O–H groups in total. The van der Waals surface area contributed by atoms with Gasteiger partial charge in [-0.1, -0.05) is 30.3 Å². The Morgan fingerprint density at radius 1 is 1.18 bits per heavy atom. The summed E-state index contributed by atoms with van der Waals surface area (Å²) in [6, 6.07) is 9.58. The molecule has 33 heavy (non-hydrogen) atoms. The highest BCUT2D eigenvalue weighted by molar-refractivity contribution is 5.88. The first-order valence-electron chi connectivity index (χ1n) is 11.3. The van der Waals surface area contributed by atoms with Crippen LogP contribution in [0.2, 0.25) is 0 Å². The first-order valence-corrected chi connectivity index (χ1v) is 11.3. The van der Waals surface area contributed by atoms with E-state index in [1.54, 1.807) is 39.9 Å². The molecule has 0 bridgehead atoms. The Morgan fingerprint density at radius 2 is 1.88 bits per heavy atom. The van der Waals surface area contributed by atoms with Gasteiger partial charge in [-0.2, -0.15) is 5.10 Å². The van der Waals surface area contributed by atoms with Gasteiger partial charge >= 0.3 is 12.2 Å². The van der Waals surface area contributed by atoms with Crippen LogP contribution < -0.4 is 5.43 Å². The predicted molar refractivity (Wildman–Crippen MR) is 125 cm³/mol. The number of hydrogen-bond acceptors (Lipinski definition) is 7. The molecule has 1 fully saturated rings. The summed E-state index contributed by atoms with van der Waals surface area (Å²) >= 11 is 0. The van der Waals surface area contributed by atoms with E-state index in [1.807, 2.05) is 30.3 Å². The first-order chi connectivity index (χ1) is 15.7. The van der Waals surface area contributed by atoms with Gasteiger partial charge in [-0.25, -0.2) is 15.0 Å². The van der Waals surface area contributed by atoms with Gasteiger partial charge < -0.3 is 23.8 Å². The van der Waals surface area contributed by atoms with E-state index in [0.717, 1.165) is 24.1 Å². The smallest absolute Gasteiger partial charge is 0.428 e. The minimum absolute atomic E-state index is 0.0210. The number of likely N-dealkylation sites (tertiary alicyclic amines) is 1. The van der Waals surface area contributed by atoms with E-state index in [9.17, 15) is 9.59 Å². The third-order valence-electron chi connectivity index (χ3n) is 5.21. The number of methoxy groups -OCH3 is 2. The molecule has 1 aliphatic rings. The molecule has 1 aromatic carbocycles. The maximum Gasteiger partial charge on any atom is 0.428 e. The lowest BCUT2D eigenvalue weighted by Crippen LogP contribution is -2.43. The zero-order chi connectivity index (χ0) is 24.3. The molecule has 9 heteroatoms. The number of rotatable bonds is 9. The average molecular weight is 464 g/mol. The van der Waals surface area contributed by atoms with Crippen LogP contribution in [0.4, 0.5) is 9.59 Å². The van der Waals surface area contributed by atoms with Crippen molar-refractivity contribution in [1.82, 2.24) is 10.3 Å². The zero-order valence-electron chi connectivity index (χ0n) is 20.3. The summed E-state index contributed by atoms with van der Waals surface area (Å²) in [4.78, 5) is 26.5. The summed E-state index contributed by atoms with van der Waals surface area (Å²) in [6.45, 7) is 6.69. The van der Waals surface area contributed by atoms with Crippen LogP contribution in [0.15, 0.2) is 35.4 Å². The molecule has 0 aromatic heterocycles. The predicted octanol–water partition coefficient (Wildman–Crippen LogP) is 4.32. The highest BCUT2D eigenvalue weighted by atomic mass is 16.7. The molecular formula is C24H37N3O6. The SMILES string of the molecule is COC(CCC(=NNC(=O)OC(C)(C)C)[C@@H]1CCCN(C(=O)OCc2ccccc2)C1)OC. The van der Waals surface area contributed by atoms with Crippen LogP contribution in [0.3, 0.4) is 0 Å². The lowest BCUT2D eigenvalue weighted by molar-refractivity contribution is -0.105. The van der Waals surface area contributed by atoms with Crippen molar-refractivity contribution in [2.24, 2.45) is 11.0 Å². The molecule has 1 aliphatic heterocycles. The number of nitrogens with one attached hydrogen (secondary N) is 1. The second kappa shape index (κ2) is 13.2. The monoisotopic (exact) mass is 463 g/mol. The van der Waals surface area contributed by atoms with Crippen molar-refractivity contribution in [2.75, 3.05) is 27.3 Å². The molecule has 0 saturated carbocycles. The maximum absolute atomic E-state index is 12.7. The second-order valence-corrected chi connectivity index (χ2v) is 8.98. The Bertz CT molecular complexity index is 774. The number of hydrogen-bond donors (Lipinski definition) is 1. The highest BCUT2D eigenvalue weighted by Gasteiger charge is 2.29. The van der Waals surface area contributed by atoms with Gasteiger partial charge in [0.2, 0.25) is 0 Å². The number of carbonyl (C=O) groups excluding carboxylic acids is 2. The number of nitrogens with zero attached hydrogens (tertiary/aromatic N) is 2. The van der Waals surface area contributed by atoms with Gasteiger partial charge in [0, 0.05) is 45.4 Å². The largest absolute Gasteiger partial charge is 0.445 e. The van der Waals surface area contributed by atoms with Gasteiger partial charge in [0.05, 0.1) is 0 Å². The Kier molecular flexibility index (Phi) is 10.6. The summed E-state index contributed by atoms with van der Waals surface area (Å²) in [5.74, 6) is -0.0210. The van der Waals surface area contributed by atoms with Crippen molar-refractivity contribution in [2.45, 2.75) is 65.0 Å². The molecule has 0 aliphatic carbocycles. The number of amides is 2. The Balaban J connectivity index is 2.03. The molecule has 0 radical (unpaired) electrons. The van der Waals surface area contributed by atoms with E-state index in [-0.39, 0.29) is 24.9 Å². The quantitative estimate of drug-likeness (QED) is 0.333. The van der Waals surface area contributed by atoms with Gasteiger partial charge in [0.25, 0.3) is 0 Å². The second-order valence-electron chi connectivity index (χ2n) is 8.98. The first kappa shape index (κ1) is 26.6. The molecule has 1 heterocycles. The third kappa shape index (κ3) is 9.79. The van der Waals surface area contributed by atoms with Crippen molar-refractivity contribution in [3.63, 3.8) is 0 Å². The van der Waals surface area contributed by atoms with Gasteiger partial charge in [-0.05, 0) is 45.6 Å². The number of hydrazone groups is 1. The van der Waals surface area contributed by atoms with Crippen LogP contribution in [-0.2, 0) is 25.6 Å². The van der Waals surface area contributed by atoms with E-state index < -0.39 is 11.7 Å². The minimum atomic E-state index is -0.624. The van der Waals surface area contributed by atoms with Crippen LogP contribution >= 0.6 is 0 Å². The third-order valence-corrected chi connectivity index (χ3v) is 5.21. The van der Waals surface area contributed by atoms with Gasteiger partial charge in [-0.15, -0.1) is 0 Å². The highest BCUT2D eigenvalue weighted by Crippen LogP contribution is 2.22. The van der Waals surface area contributed by atoms with Crippen molar-refractivity contribution in [3.8, 4) is 0 Å². The van der Waals surface area contributed by atoms with Crippen LogP contribution in [0, 0.1) is 5.92 Å². The van der Waals surface area contributed by atoms with Gasteiger partial charge in [-0.3, -0.25) is 0 Å². The van der Waals surface area contributed by atoms with Gasteiger partial charge in [0.15, 0.2) is 6.29 Å². The summed E-state index contributed by atoms with van der Waals surface area (Å²) in [5.41, 5.74) is 3.58. The maximum atomic E-state index is 12.7. The molecule has 0 unspecified atom stereocenters. The Hall–Kier alpha value is -2.65. The molecule has 2 rings (SSSR count). The number of ether oxygens (including phenoxy) is 4. The van der Waals surface area contributed by atoms with Crippen LogP contribution in [-0.4, -0.2) is 62.0 Å². The lowest BCUT2D eigenvalue weighted by atomic mass is 9.91. The van der Waals surface area contributed by atoms with E-state index in [0.29, 0.717) is 25.9 Å². The fraction of sp³-hybridized carbons (Fsp3) is 0.625.